The second kappa shape index (κ2) is 7.01. The van der Waals surface area contributed by atoms with Crippen LogP contribution in [-0.2, 0) is 11.2 Å². The molecule has 0 radical (unpaired) electrons. The smallest absolute Gasteiger partial charge is 0.224 e. The van der Waals surface area contributed by atoms with Gasteiger partial charge in [0.25, 0.3) is 0 Å². The van der Waals surface area contributed by atoms with Gasteiger partial charge in [0.15, 0.2) is 0 Å². The molecule has 1 amide bonds. The first kappa shape index (κ1) is 14.5. The number of aliphatic hydroxyl groups excluding tert-OH is 1. The average molecular weight is 250 g/mol. The van der Waals surface area contributed by atoms with Gasteiger partial charge in [-0.1, -0.05) is 26.0 Å². The van der Waals surface area contributed by atoms with Crippen molar-refractivity contribution >= 4 is 11.6 Å². The minimum absolute atomic E-state index is 0.0269. The molecule has 0 bridgehead atoms. The van der Waals surface area contributed by atoms with Gasteiger partial charge in [-0.25, -0.2) is 0 Å². The van der Waals surface area contributed by atoms with Crippen LogP contribution in [0.15, 0.2) is 24.3 Å². The Bertz CT molecular complexity index is 391. The summed E-state index contributed by atoms with van der Waals surface area (Å²) in [7, 11) is 0. The van der Waals surface area contributed by atoms with Crippen molar-refractivity contribution in [1.29, 1.82) is 0 Å². The highest BCUT2D eigenvalue weighted by Crippen LogP contribution is 2.08. The minimum Gasteiger partial charge on any atom is -0.399 e. The predicted octanol–water partition coefficient (Wildman–Crippen LogP) is 1.33. The number of carbonyl (C=O) groups excluding carboxylic acids is 1. The van der Waals surface area contributed by atoms with Gasteiger partial charge < -0.3 is 16.2 Å². The zero-order valence-corrected chi connectivity index (χ0v) is 11.0. The normalized spacial score (nSPS) is 12.4. The van der Waals surface area contributed by atoms with Crippen molar-refractivity contribution < 1.29 is 9.90 Å². The van der Waals surface area contributed by atoms with Gasteiger partial charge in [0.1, 0.15) is 0 Å². The van der Waals surface area contributed by atoms with Gasteiger partial charge in [0.05, 0.1) is 19.1 Å². The molecule has 1 rings (SSSR count). The van der Waals surface area contributed by atoms with Crippen LogP contribution in [0.4, 0.5) is 5.69 Å². The molecule has 0 aromatic heterocycles. The Kier molecular flexibility index (Phi) is 5.65. The molecule has 0 saturated heterocycles. The van der Waals surface area contributed by atoms with Crippen molar-refractivity contribution in [1.82, 2.24) is 5.32 Å². The highest BCUT2D eigenvalue weighted by atomic mass is 16.3. The summed E-state index contributed by atoms with van der Waals surface area (Å²) < 4.78 is 0. The van der Waals surface area contributed by atoms with E-state index >= 15 is 0 Å². The van der Waals surface area contributed by atoms with Gasteiger partial charge in [-0.05, 0) is 30.0 Å². The number of aliphatic hydroxyl groups is 1. The molecule has 0 heterocycles. The van der Waals surface area contributed by atoms with E-state index in [1.54, 1.807) is 12.1 Å². The van der Waals surface area contributed by atoms with E-state index in [1.807, 2.05) is 12.1 Å². The summed E-state index contributed by atoms with van der Waals surface area (Å²) in [6.45, 7) is 4.10. The highest BCUT2D eigenvalue weighted by molar-refractivity contribution is 5.79. The number of amides is 1. The average Bonchev–Trinajstić information content (AvgIpc) is 2.27. The Morgan fingerprint density at radius 3 is 2.72 bits per heavy atom. The maximum Gasteiger partial charge on any atom is 0.224 e. The van der Waals surface area contributed by atoms with E-state index < -0.39 is 0 Å². The number of rotatable bonds is 6. The quantitative estimate of drug-likeness (QED) is 0.667. The second-order valence-corrected chi connectivity index (χ2v) is 5.00. The first-order valence-electron chi connectivity index (χ1n) is 6.26. The van der Waals surface area contributed by atoms with E-state index in [4.69, 9.17) is 5.73 Å². The predicted molar refractivity (Wildman–Crippen MR) is 73.0 cm³/mol. The fourth-order valence-electron chi connectivity index (χ4n) is 1.92. The molecule has 1 atom stereocenters. The van der Waals surface area contributed by atoms with E-state index in [0.29, 0.717) is 18.0 Å². The Labute approximate surface area is 108 Å². The zero-order chi connectivity index (χ0) is 13.5. The first-order valence-corrected chi connectivity index (χ1v) is 6.26. The first-order chi connectivity index (χ1) is 8.51. The number of nitrogen functional groups attached to an aromatic ring is 1. The van der Waals surface area contributed by atoms with Crippen LogP contribution in [0.2, 0.25) is 0 Å². The van der Waals surface area contributed by atoms with Crippen LogP contribution in [0.5, 0.6) is 0 Å². The van der Waals surface area contributed by atoms with Crippen LogP contribution in [-0.4, -0.2) is 23.7 Å². The number of benzene rings is 1. The summed E-state index contributed by atoms with van der Waals surface area (Å²) >= 11 is 0. The standard InChI is InChI=1S/C14H22N2O2/c1-10(2)6-13(9-17)16-14(18)8-11-4-3-5-12(15)7-11/h3-5,7,10,13,17H,6,8-9,15H2,1-2H3,(H,16,18). The number of carbonyl (C=O) groups is 1. The molecule has 0 aliphatic carbocycles. The zero-order valence-electron chi connectivity index (χ0n) is 11.0. The van der Waals surface area contributed by atoms with E-state index in [2.05, 4.69) is 19.2 Å². The molecule has 18 heavy (non-hydrogen) atoms. The van der Waals surface area contributed by atoms with Crippen molar-refractivity contribution in [3.05, 3.63) is 29.8 Å². The van der Waals surface area contributed by atoms with Crippen LogP contribution in [0, 0.1) is 5.92 Å². The lowest BCUT2D eigenvalue weighted by Crippen LogP contribution is -2.39. The molecule has 0 saturated carbocycles. The highest BCUT2D eigenvalue weighted by Gasteiger charge is 2.13. The molecule has 1 aromatic carbocycles. The Hall–Kier alpha value is -1.55. The van der Waals surface area contributed by atoms with Crippen molar-refractivity contribution in [2.45, 2.75) is 32.7 Å². The molecule has 4 N–H and O–H groups in total. The lowest BCUT2D eigenvalue weighted by atomic mass is 10.0. The van der Waals surface area contributed by atoms with Gasteiger partial charge in [-0.3, -0.25) is 4.79 Å². The summed E-state index contributed by atoms with van der Waals surface area (Å²) in [5.74, 6) is 0.357. The third-order valence-electron chi connectivity index (χ3n) is 2.66. The van der Waals surface area contributed by atoms with Crippen molar-refractivity contribution in [2.24, 2.45) is 5.92 Å². The molecule has 4 heteroatoms. The van der Waals surface area contributed by atoms with Crippen molar-refractivity contribution in [2.75, 3.05) is 12.3 Å². The van der Waals surface area contributed by atoms with Gasteiger partial charge in [0.2, 0.25) is 5.91 Å². The summed E-state index contributed by atoms with van der Waals surface area (Å²) in [6.07, 6.45) is 1.07. The van der Waals surface area contributed by atoms with E-state index in [1.165, 1.54) is 0 Å². The summed E-state index contributed by atoms with van der Waals surface area (Å²) in [6, 6.07) is 7.10. The molecule has 0 fully saturated rings. The molecular formula is C14H22N2O2. The summed E-state index contributed by atoms with van der Waals surface area (Å²) in [4.78, 5) is 11.8. The second-order valence-electron chi connectivity index (χ2n) is 5.00. The number of nitrogens with one attached hydrogen (secondary N) is 1. The van der Waals surface area contributed by atoms with Crippen LogP contribution in [0.25, 0.3) is 0 Å². The maximum absolute atomic E-state index is 11.8. The van der Waals surface area contributed by atoms with E-state index in [-0.39, 0.29) is 18.6 Å². The molecular weight excluding hydrogens is 228 g/mol. The lowest BCUT2D eigenvalue weighted by Gasteiger charge is -2.18. The van der Waals surface area contributed by atoms with Crippen LogP contribution >= 0.6 is 0 Å². The molecule has 1 aromatic rings. The Morgan fingerprint density at radius 2 is 2.17 bits per heavy atom. The minimum atomic E-state index is -0.168. The molecule has 0 spiro atoms. The molecule has 4 nitrogen and oxygen atoms in total. The lowest BCUT2D eigenvalue weighted by molar-refractivity contribution is -0.121. The number of hydrogen-bond acceptors (Lipinski definition) is 3. The fraction of sp³-hybridized carbons (Fsp3) is 0.500. The van der Waals surface area contributed by atoms with Gasteiger partial charge >= 0.3 is 0 Å². The number of anilines is 1. The third-order valence-corrected chi connectivity index (χ3v) is 2.66. The Morgan fingerprint density at radius 1 is 1.44 bits per heavy atom. The van der Waals surface area contributed by atoms with Crippen molar-refractivity contribution in [3.63, 3.8) is 0 Å². The number of hydrogen-bond donors (Lipinski definition) is 3. The van der Waals surface area contributed by atoms with Crippen LogP contribution in [0.3, 0.4) is 0 Å². The van der Waals surface area contributed by atoms with E-state index in [0.717, 1.165) is 12.0 Å². The maximum atomic E-state index is 11.8. The molecule has 0 aliphatic heterocycles. The van der Waals surface area contributed by atoms with E-state index in [9.17, 15) is 9.90 Å². The van der Waals surface area contributed by atoms with Gasteiger partial charge in [-0.2, -0.15) is 0 Å². The van der Waals surface area contributed by atoms with Gasteiger partial charge in [0, 0.05) is 5.69 Å². The third kappa shape index (κ3) is 5.19. The van der Waals surface area contributed by atoms with Gasteiger partial charge in [-0.15, -0.1) is 0 Å². The number of nitrogens with two attached hydrogens (primary N) is 1. The molecule has 0 aliphatic rings. The largest absolute Gasteiger partial charge is 0.399 e. The SMILES string of the molecule is CC(C)CC(CO)NC(=O)Cc1cccc(N)c1. The monoisotopic (exact) mass is 250 g/mol. The Balaban J connectivity index is 2.50. The topological polar surface area (TPSA) is 75.3 Å². The summed E-state index contributed by atoms with van der Waals surface area (Å²) in [5.41, 5.74) is 7.19. The van der Waals surface area contributed by atoms with Crippen LogP contribution in [0.1, 0.15) is 25.8 Å². The molecule has 1 unspecified atom stereocenters. The fourth-order valence-corrected chi connectivity index (χ4v) is 1.92. The van der Waals surface area contributed by atoms with Crippen molar-refractivity contribution in [3.8, 4) is 0 Å². The van der Waals surface area contributed by atoms with Crippen LogP contribution < -0.4 is 11.1 Å². The molecule has 100 valence electrons. The summed E-state index contributed by atoms with van der Waals surface area (Å²) in [5, 5.41) is 12.0.